The minimum Gasteiger partial charge on any atom is -0.378 e. The maximum atomic E-state index is 13.3. The average molecular weight is 378 g/mol. The van der Waals surface area contributed by atoms with Gasteiger partial charge < -0.3 is 9.64 Å². The summed E-state index contributed by atoms with van der Waals surface area (Å²) in [7, 11) is 0. The van der Waals surface area contributed by atoms with Crippen molar-refractivity contribution in [3.8, 4) is 0 Å². The van der Waals surface area contributed by atoms with Gasteiger partial charge in [-0.2, -0.15) is 13.2 Å². The lowest BCUT2D eigenvalue weighted by Crippen LogP contribution is -2.38. The predicted molar refractivity (Wildman–Crippen MR) is 93.3 cm³/mol. The summed E-state index contributed by atoms with van der Waals surface area (Å²) in [6.45, 7) is 5.10. The van der Waals surface area contributed by atoms with Crippen LogP contribution in [-0.2, 0) is 10.9 Å². The molecule has 4 rings (SSSR count). The molecular weight excluding hydrogens is 361 g/mol. The zero-order chi connectivity index (χ0) is 19.3. The molecule has 3 heterocycles. The lowest BCUT2D eigenvalue weighted by Gasteiger charge is -2.28. The second kappa shape index (κ2) is 6.19. The molecule has 3 aromatic rings. The number of fused-ring (bicyclic) bond motifs is 3. The van der Waals surface area contributed by atoms with E-state index in [2.05, 4.69) is 9.97 Å². The molecule has 0 amide bonds. The number of halogens is 3. The quantitative estimate of drug-likeness (QED) is 0.641. The molecule has 0 bridgehead atoms. The average Bonchev–Trinajstić information content (AvgIpc) is 3.07. The van der Waals surface area contributed by atoms with Crippen molar-refractivity contribution < 1.29 is 22.7 Å². The molecule has 1 aliphatic heterocycles. The maximum absolute atomic E-state index is 13.3. The van der Waals surface area contributed by atoms with Gasteiger partial charge in [0.25, 0.3) is 0 Å². The minimum atomic E-state index is -4.58. The number of imidazole rings is 1. The molecule has 27 heavy (non-hydrogen) atoms. The molecular formula is C18H17F3N4O2. The van der Waals surface area contributed by atoms with Crippen LogP contribution in [0.2, 0.25) is 0 Å². The summed E-state index contributed by atoms with van der Waals surface area (Å²) in [5, 5.41) is 0.424. The number of carbonyl (C=O) groups is 1. The van der Waals surface area contributed by atoms with Crippen LogP contribution in [0.1, 0.15) is 28.5 Å². The summed E-state index contributed by atoms with van der Waals surface area (Å²) < 4.78 is 46.6. The first-order valence-electron chi connectivity index (χ1n) is 8.50. The molecule has 2 aromatic heterocycles. The molecule has 0 unspecified atom stereocenters. The molecule has 9 heteroatoms. The van der Waals surface area contributed by atoms with Gasteiger partial charge in [0.05, 0.1) is 18.7 Å². The van der Waals surface area contributed by atoms with E-state index in [1.807, 2.05) is 4.90 Å². The van der Waals surface area contributed by atoms with Crippen LogP contribution in [0.5, 0.6) is 0 Å². The number of ether oxygens (including phenoxy) is 1. The smallest absolute Gasteiger partial charge is 0.378 e. The number of carbonyl (C=O) groups excluding carboxylic acids is 1. The van der Waals surface area contributed by atoms with Gasteiger partial charge in [0.1, 0.15) is 5.65 Å². The summed E-state index contributed by atoms with van der Waals surface area (Å²) in [5.41, 5.74) is 0.643. The highest BCUT2D eigenvalue weighted by Gasteiger charge is 2.35. The van der Waals surface area contributed by atoms with Gasteiger partial charge in [-0.25, -0.2) is 9.97 Å². The zero-order valence-electron chi connectivity index (χ0n) is 14.8. The van der Waals surface area contributed by atoms with Gasteiger partial charge in [0, 0.05) is 30.2 Å². The first kappa shape index (κ1) is 17.7. The molecule has 0 saturated carbocycles. The van der Waals surface area contributed by atoms with E-state index >= 15 is 0 Å². The third kappa shape index (κ3) is 3.01. The van der Waals surface area contributed by atoms with Crippen LogP contribution >= 0.6 is 0 Å². The van der Waals surface area contributed by atoms with Crippen LogP contribution in [0.3, 0.4) is 0 Å². The molecule has 1 aromatic carbocycles. The van der Waals surface area contributed by atoms with Crippen molar-refractivity contribution in [2.75, 3.05) is 31.2 Å². The third-order valence-corrected chi connectivity index (χ3v) is 4.59. The molecule has 0 atom stereocenters. The van der Waals surface area contributed by atoms with Gasteiger partial charge >= 0.3 is 6.18 Å². The van der Waals surface area contributed by atoms with Gasteiger partial charge in [-0.05, 0) is 31.5 Å². The number of benzene rings is 1. The Morgan fingerprint density at radius 2 is 1.89 bits per heavy atom. The number of morpholine rings is 1. The van der Waals surface area contributed by atoms with Gasteiger partial charge in [0.15, 0.2) is 11.5 Å². The van der Waals surface area contributed by atoms with Crippen LogP contribution in [0.4, 0.5) is 19.1 Å². The number of aromatic nitrogens is 3. The monoisotopic (exact) mass is 378 g/mol. The van der Waals surface area contributed by atoms with Gasteiger partial charge in [0.2, 0.25) is 5.95 Å². The Hall–Kier alpha value is -2.68. The molecule has 1 aliphatic rings. The molecule has 1 fully saturated rings. The van der Waals surface area contributed by atoms with Crippen LogP contribution < -0.4 is 4.90 Å². The first-order chi connectivity index (χ1) is 12.8. The van der Waals surface area contributed by atoms with Crippen LogP contribution in [-0.4, -0.2) is 46.5 Å². The number of ketones is 1. The maximum Gasteiger partial charge on any atom is 0.434 e. The van der Waals surface area contributed by atoms with Gasteiger partial charge in [-0.15, -0.1) is 0 Å². The number of hydrogen-bond donors (Lipinski definition) is 0. The van der Waals surface area contributed by atoms with Gasteiger partial charge in [-0.1, -0.05) is 0 Å². The SMILES string of the molecule is CC(=O)c1cc(C)cc2c1nc(N1CCOCC1)n1cc(C(F)(F)F)nc21. The fourth-order valence-electron chi connectivity index (χ4n) is 3.34. The summed E-state index contributed by atoms with van der Waals surface area (Å²) in [4.78, 5) is 22.4. The van der Waals surface area contributed by atoms with Crippen molar-refractivity contribution in [2.24, 2.45) is 0 Å². The molecule has 1 saturated heterocycles. The standard InChI is InChI=1S/C18H17F3N4O2/c1-10-7-12(11(2)26)15-13(8-10)16-22-14(18(19,20)21)9-25(16)17(23-15)24-3-5-27-6-4-24/h7-9H,3-6H2,1-2H3. The molecule has 0 N–H and O–H groups in total. The topological polar surface area (TPSA) is 59.7 Å². The van der Waals surface area contributed by atoms with Crippen LogP contribution in [0.25, 0.3) is 16.6 Å². The largest absolute Gasteiger partial charge is 0.434 e. The van der Waals surface area contributed by atoms with E-state index in [1.165, 1.54) is 11.3 Å². The first-order valence-corrected chi connectivity index (χ1v) is 8.50. The molecule has 0 spiro atoms. The summed E-state index contributed by atoms with van der Waals surface area (Å²) in [5.74, 6) is 0.131. The Morgan fingerprint density at radius 1 is 1.19 bits per heavy atom. The van der Waals surface area contributed by atoms with Crippen LogP contribution in [0, 0.1) is 6.92 Å². The van der Waals surface area contributed by atoms with Crippen molar-refractivity contribution >= 4 is 28.3 Å². The highest BCUT2D eigenvalue weighted by Crippen LogP contribution is 2.33. The lowest BCUT2D eigenvalue weighted by atomic mass is 10.0. The van der Waals surface area contributed by atoms with E-state index in [9.17, 15) is 18.0 Å². The van der Waals surface area contributed by atoms with E-state index in [0.717, 1.165) is 11.8 Å². The Balaban J connectivity index is 2.10. The Kier molecular flexibility index (Phi) is 4.06. The second-order valence-electron chi connectivity index (χ2n) is 6.59. The minimum absolute atomic E-state index is 0.139. The fourth-order valence-corrected chi connectivity index (χ4v) is 3.34. The lowest BCUT2D eigenvalue weighted by molar-refractivity contribution is -0.140. The van der Waals surface area contributed by atoms with Crippen molar-refractivity contribution in [1.82, 2.24) is 14.4 Å². The van der Waals surface area contributed by atoms with E-state index in [4.69, 9.17) is 4.74 Å². The Morgan fingerprint density at radius 3 is 2.52 bits per heavy atom. The number of hydrogen-bond acceptors (Lipinski definition) is 5. The van der Waals surface area contributed by atoms with Crippen molar-refractivity contribution in [3.05, 3.63) is 35.2 Å². The zero-order valence-corrected chi connectivity index (χ0v) is 14.8. The van der Waals surface area contributed by atoms with E-state index in [1.54, 1.807) is 19.1 Å². The van der Waals surface area contributed by atoms with E-state index < -0.39 is 11.9 Å². The summed E-state index contributed by atoms with van der Waals surface area (Å²) >= 11 is 0. The predicted octanol–water partition coefficient (Wildman–Crippen LogP) is 3.25. The number of nitrogens with zero attached hydrogens (tertiary/aromatic N) is 4. The van der Waals surface area contributed by atoms with Crippen molar-refractivity contribution in [3.63, 3.8) is 0 Å². The summed E-state index contributed by atoms with van der Waals surface area (Å²) in [6.07, 6.45) is -3.61. The second-order valence-corrected chi connectivity index (χ2v) is 6.59. The molecule has 0 aliphatic carbocycles. The number of Topliss-reactive ketones (excluding diaryl/α,β-unsaturated/α-hetero) is 1. The van der Waals surface area contributed by atoms with Gasteiger partial charge in [-0.3, -0.25) is 9.20 Å². The molecule has 0 radical (unpaired) electrons. The highest BCUT2D eigenvalue weighted by atomic mass is 19.4. The number of alkyl halides is 3. The van der Waals surface area contributed by atoms with Crippen molar-refractivity contribution in [1.29, 1.82) is 0 Å². The molecule has 142 valence electrons. The fraction of sp³-hybridized carbons (Fsp3) is 0.389. The number of aryl methyl sites for hydroxylation is 1. The Bertz CT molecular complexity index is 1050. The summed E-state index contributed by atoms with van der Waals surface area (Å²) in [6, 6.07) is 3.41. The third-order valence-electron chi connectivity index (χ3n) is 4.59. The highest BCUT2D eigenvalue weighted by molar-refractivity contribution is 6.09. The number of anilines is 1. The van der Waals surface area contributed by atoms with Crippen LogP contribution in [0.15, 0.2) is 18.3 Å². The van der Waals surface area contributed by atoms with E-state index in [0.29, 0.717) is 48.7 Å². The normalized spacial score (nSPS) is 15.7. The number of rotatable bonds is 2. The van der Waals surface area contributed by atoms with Crippen molar-refractivity contribution in [2.45, 2.75) is 20.0 Å². The Labute approximate surface area is 152 Å². The van der Waals surface area contributed by atoms with E-state index in [-0.39, 0.29) is 11.4 Å². The molecule has 6 nitrogen and oxygen atoms in total.